The van der Waals surface area contributed by atoms with E-state index in [4.69, 9.17) is 16.3 Å². The summed E-state index contributed by atoms with van der Waals surface area (Å²) in [6.07, 6.45) is 1.93. The van der Waals surface area contributed by atoms with Crippen molar-refractivity contribution in [2.45, 2.75) is 5.16 Å². The van der Waals surface area contributed by atoms with Crippen LogP contribution in [0.25, 0.3) is 11.4 Å². The molecule has 3 rings (SSSR count). The molecular weight excluding hydrogens is 344 g/mol. The molecule has 24 heavy (non-hydrogen) atoms. The number of aromatic nitrogens is 3. The van der Waals surface area contributed by atoms with E-state index >= 15 is 0 Å². The van der Waals surface area contributed by atoms with E-state index in [9.17, 15) is 0 Å². The number of halogens is 1. The van der Waals surface area contributed by atoms with Crippen molar-refractivity contribution in [1.29, 1.82) is 0 Å². The molecule has 0 atom stereocenters. The summed E-state index contributed by atoms with van der Waals surface area (Å²) in [6, 6.07) is 15.0. The van der Waals surface area contributed by atoms with Crippen LogP contribution < -0.4 is 10.1 Å². The van der Waals surface area contributed by atoms with E-state index in [2.05, 4.69) is 20.3 Å². The molecule has 1 N–H and O–H groups in total. The van der Waals surface area contributed by atoms with Crippen LogP contribution >= 0.6 is 23.4 Å². The van der Waals surface area contributed by atoms with Gasteiger partial charge in [0, 0.05) is 16.3 Å². The summed E-state index contributed by atoms with van der Waals surface area (Å²) in [6.45, 7) is 0. The number of hydrogen-bond donors (Lipinski definition) is 1. The number of hydrogen-bond acceptors (Lipinski definition) is 6. The van der Waals surface area contributed by atoms with Crippen molar-refractivity contribution in [3.8, 4) is 17.1 Å². The largest absolute Gasteiger partial charge is 0.497 e. The molecule has 0 bridgehead atoms. The molecule has 1 aromatic heterocycles. The quantitative estimate of drug-likeness (QED) is 0.669. The summed E-state index contributed by atoms with van der Waals surface area (Å²) >= 11 is 7.40. The molecule has 0 saturated heterocycles. The van der Waals surface area contributed by atoms with Gasteiger partial charge in [-0.1, -0.05) is 23.4 Å². The van der Waals surface area contributed by atoms with Crippen LogP contribution in [0, 0.1) is 0 Å². The summed E-state index contributed by atoms with van der Waals surface area (Å²) in [7, 11) is 1.64. The molecule has 0 aliphatic carbocycles. The molecule has 0 aliphatic heterocycles. The smallest absolute Gasteiger partial charge is 0.231 e. The van der Waals surface area contributed by atoms with Crippen LogP contribution in [0.15, 0.2) is 53.7 Å². The maximum absolute atomic E-state index is 5.94. The van der Waals surface area contributed by atoms with E-state index in [0.717, 1.165) is 17.0 Å². The van der Waals surface area contributed by atoms with E-state index < -0.39 is 0 Å². The minimum Gasteiger partial charge on any atom is -0.497 e. The van der Waals surface area contributed by atoms with Crippen molar-refractivity contribution < 1.29 is 4.74 Å². The lowest BCUT2D eigenvalue weighted by Gasteiger charge is -2.09. The van der Waals surface area contributed by atoms with Gasteiger partial charge in [-0.05, 0) is 54.8 Å². The Hall–Kier alpha value is -2.31. The highest BCUT2D eigenvalue weighted by Gasteiger charge is 2.09. The molecule has 0 unspecified atom stereocenters. The highest BCUT2D eigenvalue weighted by atomic mass is 35.5. The van der Waals surface area contributed by atoms with Gasteiger partial charge in [-0.15, -0.1) is 0 Å². The zero-order chi connectivity index (χ0) is 16.9. The number of nitrogens with zero attached hydrogens (tertiary/aromatic N) is 3. The number of methoxy groups -OCH3 is 1. The van der Waals surface area contributed by atoms with Gasteiger partial charge in [-0.2, -0.15) is 9.97 Å². The fraction of sp³-hybridized carbons (Fsp3) is 0.118. The number of nitrogens with one attached hydrogen (secondary N) is 1. The van der Waals surface area contributed by atoms with Crippen molar-refractivity contribution in [1.82, 2.24) is 15.0 Å². The first-order chi connectivity index (χ1) is 11.7. The third kappa shape index (κ3) is 3.96. The average molecular weight is 359 g/mol. The van der Waals surface area contributed by atoms with Crippen molar-refractivity contribution >= 4 is 35.0 Å². The molecule has 1 heterocycles. The summed E-state index contributed by atoms with van der Waals surface area (Å²) < 4.78 is 5.16. The number of thioether (sulfide) groups is 1. The van der Waals surface area contributed by atoms with Gasteiger partial charge >= 0.3 is 0 Å². The molecule has 0 fully saturated rings. The molecule has 2 aromatic carbocycles. The lowest BCUT2D eigenvalue weighted by atomic mass is 10.2. The lowest BCUT2D eigenvalue weighted by Crippen LogP contribution is -2.02. The zero-order valence-corrected chi connectivity index (χ0v) is 14.7. The van der Waals surface area contributed by atoms with E-state index in [1.807, 2.05) is 54.8 Å². The SMILES string of the molecule is COc1ccc(Nc2nc(SC)nc(-c3ccc(Cl)cc3)n2)cc1. The van der Waals surface area contributed by atoms with Crippen LogP contribution in [0.4, 0.5) is 11.6 Å². The van der Waals surface area contributed by atoms with Crippen LogP contribution in [0.1, 0.15) is 0 Å². The molecule has 0 amide bonds. The second-order valence-electron chi connectivity index (χ2n) is 4.83. The minimum absolute atomic E-state index is 0.490. The topological polar surface area (TPSA) is 59.9 Å². The van der Waals surface area contributed by atoms with Gasteiger partial charge in [0.2, 0.25) is 5.95 Å². The summed E-state index contributed by atoms with van der Waals surface area (Å²) in [5.74, 6) is 1.88. The molecule has 0 radical (unpaired) electrons. The number of ether oxygens (including phenoxy) is 1. The summed E-state index contributed by atoms with van der Waals surface area (Å²) in [5.41, 5.74) is 1.76. The molecule has 0 spiro atoms. The van der Waals surface area contributed by atoms with E-state index in [1.54, 1.807) is 7.11 Å². The van der Waals surface area contributed by atoms with E-state index in [0.29, 0.717) is 22.0 Å². The van der Waals surface area contributed by atoms with Crippen LogP contribution in [-0.2, 0) is 0 Å². The number of anilines is 2. The molecule has 3 aromatic rings. The Bertz CT molecular complexity index is 825. The first-order valence-corrected chi connectivity index (χ1v) is 8.75. The van der Waals surface area contributed by atoms with Crippen molar-refractivity contribution in [3.05, 3.63) is 53.6 Å². The Morgan fingerprint density at radius 2 is 1.67 bits per heavy atom. The predicted molar refractivity (Wildman–Crippen MR) is 98.3 cm³/mol. The standard InChI is InChI=1S/C17H15ClN4OS/c1-23-14-9-7-13(8-10-14)19-16-20-15(21-17(22-16)24-2)11-3-5-12(18)6-4-11/h3-10H,1-2H3,(H,19,20,21,22). The Kier molecular flexibility index (Phi) is 5.17. The lowest BCUT2D eigenvalue weighted by molar-refractivity contribution is 0.415. The van der Waals surface area contributed by atoms with Crippen LogP contribution in [0.3, 0.4) is 0 Å². The first-order valence-electron chi connectivity index (χ1n) is 7.15. The molecule has 122 valence electrons. The number of rotatable bonds is 5. The van der Waals surface area contributed by atoms with Gasteiger partial charge in [-0.3, -0.25) is 0 Å². The fourth-order valence-electron chi connectivity index (χ4n) is 2.04. The molecule has 0 aliphatic rings. The van der Waals surface area contributed by atoms with Crippen molar-refractivity contribution in [3.63, 3.8) is 0 Å². The maximum Gasteiger partial charge on any atom is 0.231 e. The average Bonchev–Trinajstić information content (AvgIpc) is 2.62. The third-order valence-electron chi connectivity index (χ3n) is 3.25. The highest BCUT2D eigenvalue weighted by Crippen LogP contribution is 2.23. The Morgan fingerprint density at radius 1 is 0.958 bits per heavy atom. The van der Waals surface area contributed by atoms with E-state index in [1.165, 1.54) is 11.8 Å². The zero-order valence-electron chi connectivity index (χ0n) is 13.2. The van der Waals surface area contributed by atoms with Crippen LogP contribution in [-0.4, -0.2) is 28.3 Å². The van der Waals surface area contributed by atoms with Gasteiger partial charge in [0.25, 0.3) is 0 Å². The summed E-state index contributed by atoms with van der Waals surface area (Å²) in [5, 5.41) is 4.51. The van der Waals surface area contributed by atoms with Gasteiger partial charge in [0.15, 0.2) is 11.0 Å². The molecule has 7 heteroatoms. The van der Waals surface area contributed by atoms with E-state index in [-0.39, 0.29) is 0 Å². The molecule has 0 saturated carbocycles. The Balaban J connectivity index is 1.92. The first kappa shape index (κ1) is 16.5. The highest BCUT2D eigenvalue weighted by molar-refractivity contribution is 7.98. The van der Waals surface area contributed by atoms with Gasteiger partial charge in [0.05, 0.1) is 7.11 Å². The number of benzene rings is 2. The van der Waals surface area contributed by atoms with Gasteiger partial charge < -0.3 is 10.1 Å². The van der Waals surface area contributed by atoms with Gasteiger partial charge in [0.1, 0.15) is 5.75 Å². The van der Waals surface area contributed by atoms with Crippen molar-refractivity contribution in [2.24, 2.45) is 0 Å². The van der Waals surface area contributed by atoms with Crippen molar-refractivity contribution in [2.75, 3.05) is 18.7 Å². The van der Waals surface area contributed by atoms with Crippen LogP contribution in [0.2, 0.25) is 5.02 Å². The minimum atomic E-state index is 0.490. The Labute approximate surface area is 149 Å². The monoisotopic (exact) mass is 358 g/mol. The van der Waals surface area contributed by atoms with Gasteiger partial charge in [-0.25, -0.2) is 4.98 Å². The maximum atomic E-state index is 5.94. The van der Waals surface area contributed by atoms with Crippen LogP contribution in [0.5, 0.6) is 5.75 Å². The predicted octanol–water partition coefficient (Wildman–Crippen LogP) is 4.67. The molecular formula is C17H15ClN4OS. The molecule has 5 nitrogen and oxygen atoms in total. The summed E-state index contributed by atoms with van der Waals surface area (Å²) in [4.78, 5) is 13.4. The third-order valence-corrected chi connectivity index (χ3v) is 4.05. The second-order valence-corrected chi connectivity index (χ2v) is 6.04. The normalized spacial score (nSPS) is 10.5. The fourth-order valence-corrected chi connectivity index (χ4v) is 2.52. The second kappa shape index (κ2) is 7.51. The Morgan fingerprint density at radius 3 is 2.29 bits per heavy atom.